The summed E-state index contributed by atoms with van der Waals surface area (Å²) in [6.45, 7) is 1.60. The number of pyridine rings is 1. The summed E-state index contributed by atoms with van der Waals surface area (Å²) in [5.41, 5.74) is 0.398. The molecule has 21 heavy (non-hydrogen) atoms. The largest absolute Gasteiger partial charge is 0.480 e. The second-order valence-electron chi connectivity index (χ2n) is 5.47. The van der Waals surface area contributed by atoms with Gasteiger partial charge in [-0.15, -0.1) is 0 Å². The molecule has 1 aliphatic carbocycles. The van der Waals surface area contributed by atoms with Gasteiger partial charge in [-0.25, -0.2) is 9.78 Å². The molecule has 1 fully saturated rings. The SMILES string of the molecule is Cc1cnc(NC(C(=O)O)C2CCCCC2)cc1[N+](=O)[O-]. The van der Waals surface area contributed by atoms with Crippen LogP contribution in [0.15, 0.2) is 12.3 Å². The highest BCUT2D eigenvalue weighted by molar-refractivity contribution is 5.77. The van der Waals surface area contributed by atoms with Gasteiger partial charge in [-0.3, -0.25) is 10.1 Å². The first kappa shape index (κ1) is 15.2. The highest BCUT2D eigenvalue weighted by Crippen LogP contribution is 2.29. The molecule has 7 heteroatoms. The number of carboxylic acid groups (broad SMARTS) is 1. The summed E-state index contributed by atoms with van der Waals surface area (Å²) in [5.74, 6) is -0.657. The van der Waals surface area contributed by atoms with Gasteiger partial charge in [-0.2, -0.15) is 0 Å². The number of aryl methyl sites for hydroxylation is 1. The van der Waals surface area contributed by atoms with Crippen molar-refractivity contribution in [3.63, 3.8) is 0 Å². The number of nitrogens with zero attached hydrogens (tertiary/aromatic N) is 2. The van der Waals surface area contributed by atoms with Crippen LogP contribution in [0.1, 0.15) is 37.7 Å². The lowest BCUT2D eigenvalue weighted by molar-refractivity contribution is -0.385. The minimum absolute atomic E-state index is 0.0402. The molecule has 1 aromatic heterocycles. The maximum absolute atomic E-state index is 11.5. The van der Waals surface area contributed by atoms with Crippen molar-refractivity contribution in [2.75, 3.05) is 5.32 Å². The zero-order valence-corrected chi connectivity index (χ0v) is 11.9. The molecule has 0 amide bonds. The Morgan fingerprint density at radius 1 is 1.48 bits per heavy atom. The van der Waals surface area contributed by atoms with Crippen LogP contribution in [0.25, 0.3) is 0 Å². The fourth-order valence-electron chi connectivity index (χ4n) is 2.80. The molecule has 1 unspecified atom stereocenters. The van der Waals surface area contributed by atoms with Gasteiger partial charge in [0.1, 0.15) is 11.9 Å². The summed E-state index contributed by atoms with van der Waals surface area (Å²) in [5, 5.41) is 23.2. The number of carbonyl (C=O) groups is 1. The third-order valence-corrected chi connectivity index (χ3v) is 3.96. The molecule has 0 aliphatic heterocycles. The van der Waals surface area contributed by atoms with Crippen LogP contribution in [0.4, 0.5) is 11.5 Å². The molecule has 2 rings (SSSR count). The third kappa shape index (κ3) is 3.68. The molecule has 0 radical (unpaired) electrons. The van der Waals surface area contributed by atoms with Crippen molar-refractivity contribution < 1.29 is 14.8 Å². The average molecular weight is 293 g/mol. The van der Waals surface area contributed by atoms with Crippen LogP contribution < -0.4 is 5.32 Å². The number of carboxylic acids is 1. The lowest BCUT2D eigenvalue weighted by Crippen LogP contribution is -2.38. The average Bonchev–Trinajstić information content (AvgIpc) is 2.46. The van der Waals surface area contributed by atoms with Crippen molar-refractivity contribution in [2.24, 2.45) is 5.92 Å². The van der Waals surface area contributed by atoms with E-state index in [4.69, 9.17) is 0 Å². The van der Waals surface area contributed by atoms with Gasteiger partial charge in [-0.05, 0) is 25.7 Å². The van der Waals surface area contributed by atoms with E-state index in [1.807, 2.05) is 0 Å². The van der Waals surface area contributed by atoms with Crippen LogP contribution in [0.3, 0.4) is 0 Å². The Morgan fingerprint density at radius 3 is 2.71 bits per heavy atom. The van der Waals surface area contributed by atoms with Gasteiger partial charge < -0.3 is 10.4 Å². The van der Waals surface area contributed by atoms with Crippen molar-refractivity contribution >= 4 is 17.5 Å². The van der Waals surface area contributed by atoms with Crippen molar-refractivity contribution in [3.8, 4) is 0 Å². The number of hydrogen-bond acceptors (Lipinski definition) is 5. The summed E-state index contributed by atoms with van der Waals surface area (Å²) in [6, 6.07) is 0.550. The van der Waals surface area contributed by atoms with E-state index < -0.39 is 16.9 Å². The highest BCUT2D eigenvalue weighted by Gasteiger charge is 2.30. The number of nitrogens with one attached hydrogen (secondary N) is 1. The van der Waals surface area contributed by atoms with E-state index in [2.05, 4.69) is 10.3 Å². The smallest absolute Gasteiger partial charge is 0.326 e. The van der Waals surface area contributed by atoms with Crippen LogP contribution >= 0.6 is 0 Å². The Bertz CT molecular complexity index is 541. The predicted molar refractivity (Wildman–Crippen MR) is 77.2 cm³/mol. The Kier molecular flexibility index (Phi) is 4.72. The van der Waals surface area contributed by atoms with Crippen LogP contribution in [0.2, 0.25) is 0 Å². The molecular formula is C14H19N3O4. The summed E-state index contributed by atoms with van der Waals surface area (Å²) >= 11 is 0. The lowest BCUT2D eigenvalue weighted by Gasteiger charge is -2.28. The van der Waals surface area contributed by atoms with E-state index in [1.165, 1.54) is 12.3 Å². The van der Waals surface area contributed by atoms with Gasteiger partial charge in [0.05, 0.1) is 11.0 Å². The van der Waals surface area contributed by atoms with E-state index in [9.17, 15) is 20.0 Å². The second kappa shape index (κ2) is 6.51. The molecule has 0 bridgehead atoms. The summed E-state index contributed by atoms with van der Waals surface area (Å²) in [7, 11) is 0. The van der Waals surface area contributed by atoms with E-state index in [0.29, 0.717) is 5.56 Å². The maximum atomic E-state index is 11.5. The fourth-order valence-corrected chi connectivity index (χ4v) is 2.80. The molecule has 1 atom stereocenters. The van der Waals surface area contributed by atoms with Gasteiger partial charge in [0.25, 0.3) is 5.69 Å². The predicted octanol–water partition coefficient (Wildman–Crippen LogP) is 2.74. The monoisotopic (exact) mass is 293 g/mol. The molecule has 1 saturated carbocycles. The molecule has 0 saturated heterocycles. The number of hydrogen-bond donors (Lipinski definition) is 2. The van der Waals surface area contributed by atoms with Crippen molar-refractivity contribution in [1.82, 2.24) is 4.98 Å². The van der Waals surface area contributed by atoms with Crippen molar-refractivity contribution in [2.45, 2.75) is 45.1 Å². The van der Waals surface area contributed by atoms with E-state index in [1.54, 1.807) is 6.92 Å². The molecule has 0 aromatic carbocycles. The van der Waals surface area contributed by atoms with Crippen molar-refractivity contribution in [3.05, 3.63) is 27.9 Å². The van der Waals surface area contributed by atoms with Gasteiger partial charge in [0.15, 0.2) is 0 Å². The number of anilines is 1. The number of aromatic nitrogens is 1. The Balaban J connectivity index is 2.18. The summed E-state index contributed by atoms with van der Waals surface area (Å²) < 4.78 is 0. The maximum Gasteiger partial charge on any atom is 0.326 e. The molecule has 1 aromatic rings. The zero-order valence-electron chi connectivity index (χ0n) is 11.9. The standard InChI is InChI=1S/C14H19N3O4/c1-9-8-15-12(7-11(9)17(20)21)16-13(14(18)19)10-5-3-2-4-6-10/h7-8,10,13H,2-6H2,1H3,(H,15,16)(H,18,19). The molecule has 7 nitrogen and oxygen atoms in total. The number of nitro groups is 1. The topological polar surface area (TPSA) is 105 Å². The molecular weight excluding hydrogens is 274 g/mol. The molecule has 114 valence electrons. The van der Waals surface area contributed by atoms with Crippen LogP contribution in [0, 0.1) is 23.0 Å². The van der Waals surface area contributed by atoms with Crippen molar-refractivity contribution in [1.29, 1.82) is 0 Å². The van der Waals surface area contributed by atoms with Crippen LogP contribution in [0.5, 0.6) is 0 Å². The first-order valence-electron chi connectivity index (χ1n) is 7.09. The van der Waals surface area contributed by atoms with Gasteiger partial charge in [-0.1, -0.05) is 19.3 Å². The first-order valence-corrected chi connectivity index (χ1v) is 7.09. The zero-order chi connectivity index (χ0) is 15.4. The van der Waals surface area contributed by atoms with Crippen LogP contribution in [-0.4, -0.2) is 27.0 Å². The summed E-state index contributed by atoms with van der Waals surface area (Å²) in [4.78, 5) is 26.0. The third-order valence-electron chi connectivity index (χ3n) is 3.96. The second-order valence-corrected chi connectivity index (χ2v) is 5.47. The van der Waals surface area contributed by atoms with Gasteiger partial charge >= 0.3 is 5.97 Å². The van der Waals surface area contributed by atoms with E-state index in [-0.39, 0.29) is 17.4 Å². The van der Waals surface area contributed by atoms with Crippen LogP contribution in [-0.2, 0) is 4.79 Å². The minimum atomic E-state index is -0.938. The quantitative estimate of drug-likeness (QED) is 0.638. The highest BCUT2D eigenvalue weighted by atomic mass is 16.6. The fraction of sp³-hybridized carbons (Fsp3) is 0.571. The Hall–Kier alpha value is -2.18. The molecule has 2 N–H and O–H groups in total. The minimum Gasteiger partial charge on any atom is -0.480 e. The Morgan fingerprint density at radius 2 is 2.14 bits per heavy atom. The van der Waals surface area contributed by atoms with E-state index >= 15 is 0 Å². The molecule has 1 aliphatic rings. The summed E-state index contributed by atoms with van der Waals surface area (Å²) in [6.07, 6.45) is 6.29. The normalized spacial score (nSPS) is 17.2. The van der Waals surface area contributed by atoms with Gasteiger partial charge in [0.2, 0.25) is 0 Å². The number of rotatable bonds is 5. The lowest BCUT2D eigenvalue weighted by atomic mass is 9.84. The molecule has 0 spiro atoms. The molecule has 1 heterocycles. The number of aliphatic carboxylic acids is 1. The Labute approximate surface area is 122 Å². The first-order chi connectivity index (χ1) is 9.99. The van der Waals surface area contributed by atoms with Gasteiger partial charge in [0, 0.05) is 11.8 Å². The van der Waals surface area contributed by atoms with E-state index in [0.717, 1.165) is 32.1 Å².